The van der Waals surface area contributed by atoms with Crippen LogP contribution in [0, 0.1) is 0 Å². The molecule has 152 valence electrons. The van der Waals surface area contributed by atoms with Crippen LogP contribution in [0.3, 0.4) is 0 Å². The molecule has 0 unspecified atom stereocenters. The molecule has 1 atom stereocenters. The van der Waals surface area contributed by atoms with Crippen molar-refractivity contribution in [2.75, 3.05) is 39.6 Å². The van der Waals surface area contributed by atoms with Crippen molar-refractivity contribution in [3.05, 3.63) is 59.2 Å². The lowest BCUT2D eigenvalue weighted by atomic mass is 9.92. The second-order valence-corrected chi connectivity index (χ2v) is 9.72. The first-order valence-corrected chi connectivity index (χ1v) is 11.3. The minimum absolute atomic E-state index is 0.0383. The third-order valence-corrected chi connectivity index (χ3v) is 6.94. The number of aryl methyl sites for hydroxylation is 2. The lowest BCUT2D eigenvalue weighted by Crippen LogP contribution is -2.34. The molecule has 0 aliphatic heterocycles. The number of nitrogens with one attached hydrogen (secondary N) is 1. The fourth-order valence-electron chi connectivity index (χ4n) is 3.74. The quantitative estimate of drug-likeness (QED) is 0.774. The highest BCUT2D eigenvalue weighted by molar-refractivity contribution is 7.89. The molecule has 28 heavy (non-hydrogen) atoms. The molecule has 0 saturated heterocycles. The summed E-state index contributed by atoms with van der Waals surface area (Å²) in [6.45, 7) is 0.327. The third kappa shape index (κ3) is 4.74. The average molecular weight is 402 g/mol. The number of hydrogen-bond donors (Lipinski definition) is 1. The Morgan fingerprint density at radius 1 is 0.929 bits per heavy atom. The first-order chi connectivity index (χ1) is 13.3. The molecule has 6 heteroatoms. The number of likely N-dealkylation sites (N-methyl/N-ethyl adjacent to an activating group) is 1. The molecule has 1 N–H and O–H groups in total. The summed E-state index contributed by atoms with van der Waals surface area (Å²) in [6, 6.07) is 13.8. The van der Waals surface area contributed by atoms with E-state index in [1.54, 1.807) is 6.07 Å². The van der Waals surface area contributed by atoms with Gasteiger partial charge in [0.15, 0.2) is 0 Å². The van der Waals surface area contributed by atoms with Gasteiger partial charge in [0.25, 0.3) is 0 Å². The molecule has 3 rings (SSSR count). The van der Waals surface area contributed by atoms with E-state index in [0.717, 1.165) is 30.5 Å². The molecule has 5 nitrogen and oxygen atoms in total. The van der Waals surface area contributed by atoms with Crippen molar-refractivity contribution in [1.29, 1.82) is 0 Å². The van der Waals surface area contributed by atoms with Gasteiger partial charge in [-0.3, -0.25) is 0 Å². The molecule has 2 aromatic carbocycles. The summed E-state index contributed by atoms with van der Waals surface area (Å²) in [4.78, 5) is 4.46. The van der Waals surface area contributed by atoms with E-state index in [2.05, 4.69) is 29.0 Å². The van der Waals surface area contributed by atoms with E-state index in [-0.39, 0.29) is 6.04 Å². The molecule has 0 amide bonds. The van der Waals surface area contributed by atoms with E-state index in [9.17, 15) is 8.42 Å². The lowest BCUT2D eigenvalue weighted by Gasteiger charge is -2.26. The van der Waals surface area contributed by atoms with Crippen LogP contribution in [0.4, 0.5) is 5.69 Å². The predicted octanol–water partition coefficient (Wildman–Crippen LogP) is 3.21. The molecule has 1 aliphatic rings. The van der Waals surface area contributed by atoms with Crippen molar-refractivity contribution in [2.45, 2.75) is 36.6 Å². The summed E-state index contributed by atoms with van der Waals surface area (Å²) in [7, 11) is 4.41. The van der Waals surface area contributed by atoms with E-state index in [4.69, 9.17) is 0 Å². The first-order valence-electron chi connectivity index (χ1n) is 9.83. The summed E-state index contributed by atoms with van der Waals surface area (Å²) in [5.74, 6) is 0. The van der Waals surface area contributed by atoms with Crippen LogP contribution in [-0.2, 0) is 22.9 Å². The second-order valence-electron chi connectivity index (χ2n) is 7.95. The van der Waals surface area contributed by atoms with Gasteiger partial charge >= 0.3 is 0 Å². The highest BCUT2D eigenvalue weighted by Gasteiger charge is 2.21. The maximum absolute atomic E-state index is 12.9. The Labute approximate surface area is 169 Å². The Balaban J connectivity index is 1.75. The summed E-state index contributed by atoms with van der Waals surface area (Å²) >= 11 is 0. The maximum atomic E-state index is 12.9. The Morgan fingerprint density at radius 3 is 2.18 bits per heavy atom. The number of benzene rings is 2. The van der Waals surface area contributed by atoms with Crippen molar-refractivity contribution in [3.63, 3.8) is 0 Å². The topological polar surface area (TPSA) is 52.7 Å². The summed E-state index contributed by atoms with van der Waals surface area (Å²) in [6.07, 6.45) is 4.34. The highest BCUT2D eigenvalue weighted by Crippen LogP contribution is 2.25. The molecular weight excluding hydrogens is 370 g/mol. The van der Waals surface area contributed by atoms with Crippen LogP contribution in [0.2, 0.25) is 0 Å². The van der Waals surface area contributed by atoms with Gasteiger partial charge in [-0.15, -0.1) is 0 Å². The molecule has 0 bridgehead atoms. The molecule has 1 aliphatic carbocycles. The van der Waals surface area contributed by atoms with Crippen LogP contribution in [0.15, 0.2) is 47.4 Å². The standard InChI is InChI=1S/C22H31N3O2S/c1-24(2)20-12-9-18(10-13-20)22(25(3)4)16-23-28(26,27)21-14-11-17-7-5-6-8-19(17)15-21/h9-15,22-23H,5-8,16H2,1-4H3/t22-/m1/s1. The number of rotatable bonds is 7. The number of hydrogen-bond acceptors (Lipinski definition) is 4. The highest BCUT2D eigenvalue weighted by atomic mass is 32.2. The fraction of sp³-hybridized carbons (Fsp3) is 0.455. The van der Waals surface area contributed by atoms with Crippen molar-refractivity contribution in [1.82, 2.24) is 9.62 Å². The molecular formula is C22H31N3O2S. The zero-order chi connectivity index (χ0) is 20.3. The van der Waals surface area contributed by atoms with Crippen LogP contribution in [0.25, 0.3) is 0 Å². The zero-order valence-electron chi connectivity index (χ0n) is 17.3. The van der Waals surface area contributed by atoms with Crippen LogP contribution in [0.1, 0.15) is 35.6 Å². The summed E-state index contributed by atoms with van der Waals surface area (Å²) in [5, 5.41) is 0. The molecule has 2 aromatic rings. The van der Waals surface area contributed by atoms with Gasteiger partial charge in [0.2, 0.25) is 10.0 Å². The normalized spacial score (nSPS) is 15.3. The molecule has 0 aromatic heterocycles. The van der Waals surface area contributed by atoms with Crippen molar-refractivity contribution < 1.29 is 8.42 Å². The SMILES string of the molecule is CN(C)c1ccc([C@@H](CNS(=O)(=O)c2ccc3c(c2)CCCC3)N(C)C)cc1. The van der Waals surface area contributed by atoms with E-state index >= 15 is 0 Å². The number of nitrogens with zero attached hydrogens (tertiary/aromatic N) is 2. The Kier molecular flexibility index (Phi) is 6.43. The smallest absolute Gasteiger partial charge is 0.240 e. The summed E-state index contributed by atoms with van der Waals surface area (Å²) in [5.41, 5.74) is 4.68. The first kappa shape index (κ1) is 20.8. The molecule has 0 spiro atoms. The van der Waals surface area contributed by atoms with Gasteiger partial charge in [0.1, 0.15) is 0 Å². The number of anilines is 1. The number of fused-ring (bicyclic) bond motifs is 1. The molecule has 0 heterocycles. The largest absolute Gasteiger partial charge is 0.378 e. The van der Waals surface area contributed by atoms with Crippen LogP contribution < -0.4 is 9.62 Å². The minimum Gasteiger partial charge on any atom is -0.378 e. The van der Waals surface area contributed by atoms with E-state index in [1.165, 1.54) is 17.5 Å². The van der Waals surface area contributed by atoms with Crippen molar-refractivity contribution in [2.24, 2.45) is 0 Å². The fourth-order valence-corrected chi connectivity index (χ4v) is 4.83. The predicted molar refractivity (Wildman–Crippen MR) is 115 cm³/mol. The Morgan fingerprint density at radius 2 is 1.57 bits per heavy atom. The maximum Gasteiger partial charge on any atom is 0.240 e. The van der Waals surface area contributed by atoms with Gasteiger partial charge < -0.3 is 9.80 Å². The van der Waals surface area contributed by atoms with Gasteiger partial charge in [-0.05, 0) is 80.7 Å². The minimum atomic E-state index is -3.54. The van der Waals surface area contributed by atoms with Gasteiger partial charge in [0.05, 0.1) is 4.90 Å². The van der Waals surface area contributed by atoms with Crippen LogP contribution >= 0.6 is 0 Å². The monoisotopic (exact) mass is 401 g/mol. The van der Waals surface area contributed by atoms with Crippen molar-refractivity contribution in [3.8, 4) is 0 Å². The second kappa shape index (κ2) is 8.64. The average Bonchev–Trinajstić information content (AvgIpc) is 2.67. The van der Waals surface area contributed by atoms with Crippen molar-refractivity contribution >= 4 is 15.7 Å². The van der Waals surface area contributed by atoms with E-state index in [0.29, 0.717) is 11.4 Å². The lowest BCUT2D eigenvalue weighted by molar-refractivity contribution is 0.299. The third-order valence-electron chi connectivity index (χ3n) is 5.51. The Hall–Kier alpha value is -1.89. The van der Waals surface area contributed by atoms with Gasteiger partial charge in [0, 0.05) is 32.4 Å². The van der Waals surface area contributed by atoms with Crippen LogP contribution in [-0.4, -0.2) is 48.1 Å². The van der Waals surface area contributed by atoms with Gasteiger partial charge in [-0.1, -0.05) is 18.2 Å². The van der Waals surface area contributed by atoms with E-state index < -0.39 is 10.0 Å². The van der Waals surface area contributed by atoms with E-state index in [1.807, 2.05) is 50.1 Å². The molecule has 0 radical (unpaired) electrons. The van der Waals surface area contributed by atoms with Crippen LogP contribution in [0.5, 0.6) is 0 Å². The summed E-state index contributed by atoms with van der Waals surface area (Å²) < 4.78 is 28.6. The Bertz CT molecular complexity index is 906. The zero-order valence-corrected chi connectivity index (χ0v) is 18.1. The molecule has 0 fully saturated rings. The molecule has 0 saturated carbocycles. The van der Waals surface area contributed by atoms with Gasteiger partial charge in [-0.25, -0.2) is 13.1 Å². The number of sulfonamides is 1. The van der Waals surface area contributed by atoms with Gasteiger partial charge in [-0.2, -0.15) is 0 Å².